The summed E-state index contributed by atoms with van der Waals surface area (Å²) in [5.74, 6) is -0.293. The van der Waals surface area contributed by atoms with Crippen molar-refractivity contribution >= 4 is 50.3 Å². The fourth-order valence-electron chi connectivity index (χ4n) is 3.43. The molecular formula is C22H26ClFN4O3S. The van der Waals surface area contributed by atoms with Crippen LogP contribution >= 0.6 is 11.6 Å². The van der Waals surface area contributed by atoms with Crippen molar-refractivity contribution in [2.45, 2.75) is 25.2 Å². The van der Waals surface area contributed by atoms with Crippen LogP contribution in [0.3, 0.4) is 0 Å². The van der Waals surface area contributed by atoms with E-state index in [9.17, 15) is 17.6 Å². The summed E-state index contributed by atoms with van der Waals surface area (Å²) in [6, 6.07) is 9.97. The van der Waals surface area contributed by atoms with Crippen LogP contribution in [0, 0.1) is 0 Å². The summed E-state index contributed by atoms with van der Waals surface area (Å²) < 4.78 is 38.9. The van der Waals surface area contributed by atoms with Gasteiger partial charge in [-0.15, -0.1) is 0 Å². The molecule has 172 valence electrons. The van der Waals surface area contributed by atoms with Gasteiger partial charge < -0.3 is 11.1 Å². The highest BCUT2D eigenvalue weighted by Crippen LogP contribution is 2.46. The summed E-state index contributed by atoms with van der Waals surface area (Å²) in [6.45, 7) is -0.623. The molecule has 2 aromatic rings. The third kappa shape index (κ3) is 5.58. The number of alkyl halides is 1. The number of carbonyl (C=O) groups is 1. The van der Waals surface area contributed by atoms with E-state index in [1.165, 1.54) is 11.4 Å². The molecular weight excluding hydrogens is 455 g/mol. The van der Waals surface area contributed by atoms with Gasteiger partial charge in [0, 0.05) is 29.9 Å². The molecule has 0 atom stereocenters. The summed E-state index contributed by atoms with van der Waals surface area (Å²) in [7, 11) is -2.16. The fourth-order valence-corrected chi connectivity index (χ4v) is 4.53. The standard InChI is InChI=1S/C22H26ClFN4O3S/c1-26-22(29)21(27-16-8-6-15(23)7-9-16)18-12-17(14-4-5-14)20(13-19(18)25)28(11-3-10-24)32(2,30)31/h6-9,12-14H,3-5,10-11,25H2,1-2H3,(H,26,29). The minimum absolute atomic E-state index is 0.00894. The van der Waals surface area contributed by atoms with Crippen LogP contribution < -0.4 is 15.4 Å². The largest absolute Gasteiger partial charge is 0.398 e. The number of halogens is 2. The number of carbonyl (C=O) groups excluding carboxylic acids is 1. The molecule has 1 aliphatic carbocycles. The number of rotatable bonds is 9. The normalized spacial score (nSPS) is 14.3. The summed E-state index contributed by atoms with van der Waals surface area (Å²) >= 11 is 5.94. The van der Waals surface area contributed by atoms with Crippen molar-refractivity contribution in [3.63, 3.8) is 0 Å². The van der Waals surface area contributed by atoms with Gasteiger partial charge in [0.25, 0.3) is 5.91 Å². The van der Waals surface area contributed by atoms with E-state index >= 15 is 0 Å². The molecule has 0 bridgehead atoms. The predicted molar refractivity (Wildman–Crippen MR) is 127 cm³/mol. The lowest BCUT2D eigenvalue weighted by Gasteiger charge is -2.26. The maximum atomic E-state index is 12.8. The van der Waals surface area contributed by atoms with E-state index < -0.39 is 22.6 Å². The number of aliphatic imine (C=N–C) groups is 1. The topological polar surface area (TPSA) is 105 Å². The third-order valence-electron chi connectivity index (χ3n) is 5.14. The number of hydrogen-bond donors (Lipinski definition) is 2. The van der Waals surface area contributed by atoms with Crippen molar-refractivity contribution in [1.82, 2.24) is 5.32 Å². The minimum Gasteiger partial charge on any atom is -0.398 e. The van der Waals surface area contributed by atoms with Crippen molar-refractivity contribution in [3.8, 4) is 0 Å². The second-order valence-electron chi connectivity index (χ2n) is 7.67. The number of likely N-dealkylation sites (N-methyl/N-ethyl adjacent to an activating group) is 1. The van der Waals surface area contributed by atoms with Gasteiger partial charge >= 0.3 is 0 Å². The highest BCUT2D eigenvalue weighted by Gasteiger charge is 2.32. The van der Waals surface area contributed by atoms with E-state index in [1.54, 1.807) is 36.4 Å². The number of anilines is 2. The summed E-state index contributed by atoms with van der Waals surface area (Å²) in [4.78, 5) is 17.2. The average Bonchev–Trinajstić information content (AvgIpc) is 3.58. The molecule has 10 heteroatoms. The molecule has 0 unspecified atom stereocenters. The number of nitrogens with one attached hydrogen (secondary N) is 1. The first-order chi connectivity index (χ1) is 15.2. The highest BCUT2D eigenvalue weighted by molar-refractivity contribution is 7.92. The molecule has 3 rings (SSSR count). The number of hydrogen-bond acceptors (Lipinski definition) is 5. The molecule has 32 heavy (non-hydrogen) atoms. The van der Waals surface area contributed by atoms with Crippen molar-refractivity contribution in [2.24, 2.45) is 4.99 Å². The van der Waals surface area contributed by atoms with Gasteiger partial charge in [0.1, 0.15) is 5.71 Å². The lowest BCUT2D eigenvalue weighted by Crippen LogP contribution is -2.33. The molecule has 0 heterocycles. The van der Waals surface area contributed by atoms with Crippen molar-refractivity contribution in [2.75, 3.05) is 36.6 Å². The number of nitrogens with zero attached hydrogens (tertiary/aromatic N) is 2. The number of nitrogen functional groups attached to an aromatic ring is 1. The van der Waals surface area contributed by atoms with Gasteiger partial charge in [0.05, 0.1) is 24.3 Å². The molecule has 7 nitrogen and oxygen atoms in total. The SMILES string of the molecule is CNC(=O)C(=Nc1ccc(Cl)cc1)c1cc(C2CC2)c(N(CCCF)S(C)(=O)=O)cc1N. The minimum atomic E-state index is -3.65. The number of amides is 1. The molecule has 0 spiro atoms. The van der Waals surface area contributed by atoms with E-state index in [2.05, 4.69) is 10.3 Å². The van der Waals surface area contributed by atoms with Crippen LogP contribution in [0.2, 0.25) is 5.02 Å². The molecule has 0 saturated heterocycles. The summed E-state index contributed by atoms with van der Waals surface area (Å²) in [5, 5.41) is 3.12. The Kier molecular flexibility index (Phi) is 7.40. The van der Waals surface area contributed by atoms with Gasteiger partial charge in [-0.2, -0.15) is 0 Å². The van der Waals surface area contributed by atoms with Crippen LogP contribution in [0.15, 0.2) is 41.4 Å². The molecule has 0 aliphatic heterocycles. The van der Waals surface area contributed by atoms with Crippen molar-refractivity contribution in [1.29, 1.82) is 0 Å². The fraction of sp³-hybridized carbons (Fsp3) is 0.364. The monoisotopic (exact) mass is 480 g/mol. The van der Waals surface area contributed by atoms with Gasteiger partial charge in [-0.05, 0) is 67.1 Å². The van der Waals surface area contributed by atoms with Gasteiger partial charge in [-0.3, -0.25) is 13.5 Å². The van der Waals surface area contributed by atoms with Gasteiger partial charge in [-0.1, -0.05) is 11.6 Å². The molecule has 1 amide bonds. The second-order valence-corrected chi connectivity index (χ2v) is 10.0. The smallest absolute Gasteiger partial charge is 0.270 e. The number of sulfonamides is 1. The molecule has 2 aromatic carbocycles. The number of benzene rings is 2. The molecule has 0 radical (unpaired) electrons. The lowest BCUT2D eigenvalue weighted by molar-refractivity contribution is -0.114. The van der Waals surface area contributed by atoms with Crippen LogP contribution in [0.4, 0.5) is 21.5 Å². The van der Waals surface area contributed by atoms with Gasteiger partial charge in [-0.25, -0.2) is 13.4 Å². The average molecular weight is 481 g/mol. The first kappa shape index (κ1) is 24.0. The van der Waals surface area contributed by atoms with E-state index in [1.807, 2.05) is 0 Å². The zero-order valence-corrected chi connectivity index (χ0v) is 19.5. The van der Waals surface area contributed by atoms with Gasteiger partial charge in [0.15, 0.2) is 0 Å². The van der Waals surface area contributed by atoms with Crippen LogP contribution in [-0.2, 0) is 14.8 Å². The molecule has 1 aliphatic rings. The van der Waals surface area contributed by atoms with Crippen molar-refractivity contribution < 1.29 is 17.6 Å². The van der Waals surface area contributed by atoms with Crippen LogP contribution in [0.1, 0.15) is 36.3 Å². The Morgan fingerprint density at radius 3 is 2.47 bits per heavy atom. The van der Waals surface area contributed by atoms with E-state index in [-0.39, 0.29) is 30.3 Å². The third-order valence-corrected chi connectivity index (χ3v) is 6.58. The zero-order chi connectivity index (χ0) is 23.5. The van der Waals surface area contributed by atoms with Crippen LogP contribution in [0.5, 0.6) is 0 Å². The lowest BCUT2D eigenvalue weighted by atomic mass is 9.98. The van der Waals surface area contributed by atoms with E-state index in [0.29, 0.717) is 22.0 Å². The summed E-state index contributed by atoms with van der Waals surface area (Å²) in [6.07, 6.45) is 2.94. The Morgan fingerprint density at radius 2 is 1.94 bits per heavy atom. The molecule has 1 fully saturated rings. The number of nitrogens with two attached hydrogens (primary N) is 1. The van der Waals surface area contributed by atoms with Gasteiger partial charge in [0.2, 0.25) is 10.0 Å². The first-order valence-corrected chi connectivity index (χ1v) is 12.4. The highest BCUT2D eigenvalue weighted by atomic mass is 35.5. The Bertz CT molecular complexity index is 1130. The van der Waals surface area contributed by atoms with Crippen LogP contribution in [0.25, 0.3) is 0 Å². The molecule has 3 N–H and O–H groups in total. The Labute approximate surface area is 192 Å². The Hall–Kier alpha value is -2.65. The second kappa shape index (κ2) is 9.87. The Balaban J connectivity index is 2.16. The van der Waals surface area contributed by atoms with E-state index in [0.717, 1.165) is 24.7 Å². The zero-order valence-electron chi connectivity index (χ0n) is 17.9. The molecule has 0 aromatic heterocycles. The molecule has 1 saturated carbocycles. The quantitative estimate of drug-likeness (QED) is 0.420. The summed E-state index contributed by atoms with van der Waals surface area (Å²) in [5.41, 5.74) is 8.73. The first-order valence-electron chi connectivity index (χ1n) is 10.2. The maximum absolute atomic E-state index is 12.8. The Morgan fingerprint density at radius 1 is 1.28 bits per heavy atom. The van der Waals surface area contributed by atoms with Crippen molar-refractivity contribution in [3.05, 3.63) is 52.5 Å². The van der Waals surface area contributed by atoms with Crippen LogP contribution in [-0.4, -0.2) is 46.6 Å². The van der Waals surface area contributed by atoms with E-state index in [4.69, 9.17) is 17.3 Å². The maximum Gasteiger partial charge on any atom is 0.270 e. The predicted octanol–water partition coefficient (Wildman–Crippen LogP) is 3.79.